The fourth-order valence-electron chi connectivity index (χ4n) is 4.06. The van der Waals surface area contributed by atoms with Crippen LogP contribution in [0.15, 0.2) is 24.3 Å². The summed E-state index contributed by atoms with van der Waals surface area (Å²) in [5, 5.41) is 9.88. The minimum atomic E-state index is -5.08. The molecule has 0 radical (unpaired) electrons. The predicted octanol–water partition coefficient (Wildman–Crippen LogP) is 1.87. The first-order chi connectivity index (χ1) is 15.0. The molecule has 178 valence electrons. The van der Waals surface area contributed by atoms with E-state index in [-0.39, 0.29) is 23.4 Å². The highest BCUT2D eigenvalue weighted by atomic mass is 19.4. The lowest BCUT2D eigenvalue weighted by Crippen LogP contribution is -2.72. The largest absolute Gasteiger partial charge is 0.490 e. The Hall–Kier alpha value is -2.24. The summed E-state index contributed by atoms with van der Waals surface area (Å²) in [6, 6.07) is 6.75. The number of carbonyl (C=O) groups excluding carboxylic acids is 1. The standard InChI is InChI=1S/C19H26FN3O2.C2HF3O2/c1-21-18(24)17-10-25-19(13-23(17)8-14-6-7-14)11-22(12-19)9-15-4-2-3-5-16(15)20;3-2(4,5)1(6)7/h2-5,14,17H,6-13H2,1H3,(H,21,24);(H,6,7). The Kier molecular flexibility index (Phi) is 7.41. The van der Waals surface area contributed by atoms with Gasteiger partial charge in [-0.3, -0.25) is 14.6 Å². The summed E-state index contributed by atoms with van der Waals surface area (Å²) in [5.74, 6) is -2.13. The molecule has 2 saturated heterocycles. The molecule has 1 amide bonds. The quantitative estimate of drug-likeness (QED) is 0.652. The number of rotatable bonds is 5. The number of hydrogen-bond donors (Lipinski definition) is 2. The topological polar surface area (TPSA) is 82.1 Å². The number of carbonyl (C=O) groups is 2. The number of alkyl halides is 3. The highest BCUT2D eigenvalue weighted by Gasteiger charge is 2.51. The maximum Gasteiger partial charge on any atom is 0.490 e. The van der Waals surface area contributed by atoms with Crippen LogP contribution in [0.25, 0.3) is 0 Å². The van der Waals surface area contributed by atoms with Crippen molar-refractivity contribution >= 4 is 11.9 Å². The Bertz CT molecular complexity index is 826. The second-order valence-corrected chi connectivity index (χ2v) is 8.54. The average molecular weight is 461 g/mol. The van der Waals surface area contributed by atoms with Crippen LogP contribution in [-0.2, 0) is 20.9 Å². The summed E-state index contributed by atoms with van der Waals surface area (Å²) in [5.41, 5.74) is 0.524. The second-order valence-electron chi connectivity index (χ2n) is 8.54. The van der Waals surface area contributed by atoms with Crippen LogP contribution in [0.2, 0.25) is 0 Å². The van der Waals surface area contributed by atoms with Crippen LogP contribution in [0.5, 0.6) is 0 Å². The molecule has 2 aliphatic heterocycles. The minimum absolute atomic E-state index is 0.0398. The molecule has 1 aromatic carbocycles. The minimum Gasteiger partial charge on any atom is -0.475 e. The highest BCUT2D eigenvalue weighted by Crippen LogP contribution is 2.36. The molecule has 3 fully saturated rings. The van der Waals surface area contributed by atoms with E-state index in [0.29, 0.717) is 13.2 Å². The van der Waals surface area contributed by atoms with E-state index in [9.17, 15) is 22.4 Å². The molecule has 1 unspecified atom stereocenters. The maximum atomic E-state index is 13.8. The van der Waals surface area contributed by atoms with Gasteiger partial charge in [-0.05, 0) is 24.8 Å². The molecule has 1 spiro atoms. The fraction of sp³-hybridized carbons (Fsp3) is 0.619. The van der Waals surface area contributed by atoms with Crippen LogP contribution in [-0.4, -0.2) is 84.4 Å². The lowest BCUT2D eigenvalue weighted by Gasteiger charge is -2.55. The molecule has 0 aromatic heterocycles. The number of hydrogen-bond acceptors (Lipinski definition) is 5. The highest BCUT2D eigenvalue weighted by molar-refractivity contribution is 5.81. The fourth-order valence-corrected chi connectivity index (χ4v) is 4.06. The number of amides is 1. The number of carboxylic acid groups (broad SMARTS) is 1. The smallest absolute Gasteiger partial charge is 0.475 e. The number of ether oxygens (including phenoxy) is 1. The third kappa shape index (κ3) is 6.17. The molecular formula is C21H27F4N3O4. The number of carboxylic acids is 1. The molecule has 1 atom stereocenters. The van der Waals surface area contributed by atoms with Gasteiger partial charge in [0.2, 0.25) is 5.91 Å². The number of likely N-dealkylation sites (N-methyl/N-ethyl adjacent to an activating group) is 1. The molecule has 2 N–H and O–H groups in total. The number of nitrogens with zero attached hydrogens (tertiary/aromatic N) is 2. The Morgan fingerprint density at radius 1 is 1.22 bits per heavy atom. The summed E-state index contributed by atoms with van der Waals surface area (Å²) < 4.78 is 51.7. The van der Waals surface area contributed by atoms with Gasteiger partial charge in [0, 0.05) is 45.3 Å². The molecule has 11 heteroatoms. The molecule has 2 heterocycles. The van der Waals surface area contributed by atoms with Crippen molar-refractivity contribution < 1.29 is 37.0 Å². The van der Waals surface area contributed by atoms with Gasteiger partial charge in [0.05, 0.1) is 6.61 Å². The van der Waals surface area contributed by atoms with Crippen molar-refractivity contribution in [1.29, 1.82) is 0 Å². The summed E-state index contributed by atoms with van der Waals surface area (Å²) in [6.07, 6.45) is -2.55. The molecule has 4 rings (SSSR count). The molecular weight excluding hydrogens is 434 g/mol. The van der Waals surface area contributed by atoms with E-state index in [0.717, 1.165) is 37.7 Å². The zero-order chi connectivity index (χ0) is 23.5. The van der Waals surface area contributed by atoms with E-state index < -0.39 is 12.1 Å². The summed E-state index contributed by atoms with van der Waals surface area (Å²) in [6.45, 7) is 4.41. The van der Waals surface area contributed by atoms with E-state index in [2.05, 4.69) is 15.1 Å². The van der Waals surface area contributed by atoms with Crippen LogP contribution in [0, 0.1) is 11.7 Å². The van der Waals surface area contributed by atoms with Crippen LogP contribution in [0.4, 0.5) is 17.6 Å². The molecule has 32 heavy (non-hydrogen) atoms. The summed E-state index contributed by atoms with van der Waals surface area (Å²) >= 11 is 0. The average Bonchev–Trinajstić information content (AvgIpc) is 3.52. The number of morpholine rings is 1. The third-order valence-electron chi connectivity index (χ3n) is 5.84. The van der Waals surface area contributed by atoms with E-state index in [1.54, 1.807) is 13.1 Å². The van der Waals surface area contributed by atoms with E-state index >= 15 is 0 Å². The number of nitrogens with one attached hydrogen (secondary N) is 1. The van der Waals surface area contributed by atoms with Crippen LogP contribution >= 0.6 is 0 Å². The Balaban J connectivity index is 0.000000360. The van der Waals surface area contributed by atoms with Crippen molar-refractivity contribution in [3.05, 3.63) is 35.6 Å². The number of aliphatic carboxylic acids is 1. The normalized spacial score (nSPS) is 23.1. The van der Waals surface area contributed by atoms with Gasteiger partial charge in [0.1, 0.15) is 17.5 Å². The van der Waals surface area contributed by atoms with Crippen LogP contribution in [0.3, 0.4) is 0 Å². The van der Waals surface area contributed by atoms with Crippen LogP contribution < -0.4 is 5.32 Å². The summed E-state index contributed by atoms with van der Waals surface area (Å²) in [7, 11) is 1.68. The number of benzene rings is 1. The first-order valence-corrected chi connectivity index (χ1v) is 10.4. The van der Waals surface area contributed by atoms with Gasteiger partial charge in [-0.1, -0.05) is 18.2 Å². The zero-order valence-corrected chi connectivity index (χ0v) is 17.7. The lowest BCUT2D eigenvalue weighted by atomic mass is 9.89. The molecule has 0 bridgehead atoms. The lowest BCUT2D eigenvalue weighted by molar-refractivity contribution is -0.203. The Morgan fingerprint density at radius 2 is 1.84 bits per heavy atom. The predicted molar refractivity (Wildman–Crippen MR) is 106 cm³/mol. The molecule has 3 aliphatic rings. The maximum absolute atomic E-state index is 13.8. The zero-order valence-electron chi connectivity index (χ0n) is 17.7. The van der Waals surface area contributed by atoms with Gasteiger partial charge < -0.3 is 15.2 Å². The van der Waals surface area contributed by atoms with Gasteiger partial charge in [0.15, 0.2) is 0 Å². The van der Waals surface area contributed by atoms with Gasteiger partial charge in [-0.25, -0.2) is 9.18 Å². The van der Waals surface area contributed by atoms with Crippen LogP contribution in [0.1, 0.15) is 18.4 Å². The third-order valence-corrected chi connectivity index (χ3v) is 5.84. The van der Waals surface area contributed by atoms with Gasteiger partial charge >= 0.3 is 12.1 Å². The molecule has 1 aliphatic carbocycles. The SMILES string of the molecule is CNC(=O)C1COC2(CN(Cc3ccccc3F)C2)CN1CC1CC1.O=C(O)C(F)(F)F. The Morgan fingerprint density at radius 3 is 2.38 bits per heavy atom. The molecule has 1 saturated carbocycles. The van der Waals surface area contributed by atoms with E-state index in [1.807, 2.05) is 12.1 Å². The van der Waals surface area contributed by atoms with E-state index in [1.165, 1.54) is 18.9 Å². The van der Waals surface area contributed by atoms with Gasteiger partial charge in [-0.2, -0.15) is 13.2 Å². The van der Waals surface area contributed by atoms with E-state index in [4.69, 9.17) is 14.6 Å². The van der Waals surface area contributed by atoms with Gasteiger partial charge in [0.25, 0.3) is 0 Å². The van der Waals surface area contributed by atoms with Crippen molar-refractivity contribution in [2.75, 3.05) is 39.8 Å². The number of likely N-dealkylation sites (tertiary alicyclic amines) is 1. The second kappa shape index (κ2) is 9.72. The van der Waals surface area contributed by atoms with Crippen molar-refractivity contribution in [3.8, 4) is 0 Å². The van der Waals surface area contributed by atoms with Crippen molar-refractivity contribution in [3.63, 3.8) is 0 Å². The van der Waals surface area contributed by atoms with Crippen molar-refractivity contribution in [2.45, 2.75) is 37.2 Å². The monoisotopic (exact) mass is 461 g/mol. The molecule has 1 aromatic rings. The van der Waals surface area contributed by atoms with Crippen molar-refractivity contribution in [1.82, 2.24) is 15.1 Å². The van der Waals surface area contributed by atoms with Gasteiger partial charge in [-0.15, -0.1) is 0 Å². The number of halogens is 4. The first-order valence-electron chi connectivity index (χ1n) is 10.4. The first kappa shape index (κ1) is 24.4. The Labute approximate surface area is 183 Å². The summed E-state index contributed by atoms with van der Waals surface area (Å²) in [4.78, 5) is 25.6. The van der Waals surface area contributed by atoms with Crippen molar-refractivity contribution in [2.24, 2.45) is 5.92 Å². The molecule has 7 nitrogen and oxygen atoms in total.